The van der Waals surface area contributed by atoms with Crippen LogP contribution in [-0.4, -0.2) is 40.0 Å². The quantitative estimate of drug-likeness (QED) is 0.443. The summed E-state index contributed by atoms with van der Waals surface area (Å²) < 4.78 is 0. The zero-order valence-electron chi connectivity index (χ0n) is 11.6. The summed E-state index contributed by atoms with van der Waals surface area (Å²) in [6.07, 6.45) is 10.0. The van der Waals surface area contributed by atoms with Crippen LogP contribution in [0, 0.1) is 6.42 Å². The second kappa shape index (κ2) is 24.8. The first-order chi connectivity index (χ1) is 6.96. The molecule has 0 atom stereocenters. The molecule has 1 rings (SSSR count). The summed E-state index contributed by atoms with van der Waals surface area (Å²) in [5, 5.41) is 0. The van der Waals surface area contributed by atoms with Gasteiger partial charge in [0.2, 0.25) is 0 Å². The molecule has 0 fully saturated rings. The van der Waals surface area contributed by atoms with Gasteiger partial charge in [0, 0.05) is 25.0 Å². The van der Waals surface area contributed by atoms with Crippen LogP contribution in [0.15, 0.2) is 37.5 Å². The third-order valence-corrected chi connectivity index (χ3v) is 0.556. The predicted molar refractivity (Wildman–Crippen MR) is 83.2 cm³/mol. The van der Waals surface area contributed by atoms with Crippen LogP contribution >= 0.6 is 15.8 Å². The topological polar surface area (TPSA) is 0 Å². The third-order valence-electron chi connectivity index (χ3n) is 0.556. The molecule has 0 aromatic rings. The Morgan fingerprint density at radius 2 is 0.812 bits per heavy atom. The smallest absolute Gasteiger partial charge is 0.00506 e. The number of hydrogen-bond acceptors (Lipinski definition) is 0. The average Bonchev–Trinajstić information content (AvgIpc) is 2.61. The molecule has 94 valence electrons. The van der Waals surface area contributed by atoms with Crippen molar-refractivity contribution in [3.8, 4) is 0 Å². The Morgan fingerprint density at radius 3 is 0.875 bits per heavy atom. The van der Waals surface area contributed by atoms with Crippen molar-refractivity contribution in [1.82, 2.24) is 0 Å². The monoisotopic (exact) mass is 296 g/mol. The van der Waals surface area contributed by atoms with Gasteiger partial charge >= 0.3 is 0 Å². The van der Waals surface area contributed by atoms with Gasteiger partial charge in [-0.2, -0.15) is 0 Å². The van der Waals surface area contributed by atoms with Crippen molar-refractivity contribution >= 4 is 15.8 Å². The summed E-state index contributed by atoms with van der Waals surface area (Å²) in [5.41, 5.74) is 0. The van der Waals surface area contributed by atoms with E-state index in [9.17, 15) is 0 Å². The molecule has 3 heteroatoms. The Hall–Kier alpha value is 0.664. The van der Waals surface area contributed by atoms with Crippen molar-refractivity contribution < 1.29 is 18.6 Å². The summed E-state index contributed by atoms with van der Waals surface area (Å²) in [4.78, 5) is 0. The Labute approximate surface area is 118 Å². The van der Waals surface area contributed by atoms with Gasteiger partial charge in [-0.15, -0.1) is 29.0 Å². The second-order valence-corrected chi connectivity index (χ2v) is 9.01. The van der Waals surface area contributed by atoms with E-state index in [0.717, 1.165) is 0 Å². The van der Waals surface area contributed by atoms with E-state index < -0.39 is 0 Å². The van der Waals surface area contributed by atoms with Crippen molar-refractivity contribution in [2.75, 3.05) is 40.0 Å². The van der Waals surface area contributed by atoms with Crippen LogP contribution in [0.4, 0.5) is 0 Å². The van der Waals surface area contributed by atoms with Crippen LogP contribution in [0.1, 0.15) is 0 Å². The maximum Gasteiger partial charge on any atom is 0.00506 e. The molecule has 0 bridgehead atoms. The molecule has 0 saturated heterocycles. The van der Waals surface area contributed by atoms with E-state index in [1.165, 1.54) is 0 Å². The van der Waals surface area contributed by atoms with Gasteiger partial charge < -0.3 is 0 Å². The molecule has 1 aliphatic carbocycles. The summed E-state index contributed by atoms with van der Waals surface area (Å²) >= 11 is 0. The zero-order chi connectivity index (χ0) is 12.7. The summed E-state index contributed by atoms with van der Waals surface area (Å²) in [6, 6.07) is 0. The van der Waals surface area contributed by atoms with Gasteiger partial charge in [-0.25, -0.2) is 0 Å². The van der Waals surface area contributed by atoms with Crippen LogP contribution in [0.2, 0.25) is 0 Å². The van der Waals surface area contributed by atoms with Gasteiger partial charge in [0.15, 0.2) is 0 Å². The predicted octanol–water partition coefficient (Wildman–Crippen LogP) is 4.83. The van der Waals surface area contributed by atoms with E-state index >= 15 is 0 Å². The molecule has 0 aromatic heterocycles. The molecule has 0 heterocycles. The van der Waals surface area contributed by atoms with Crippen LogP contribution in [0.5, 0.6) is 0 Å². The van der Waals surface area contributed by atoms with E-state index in [1.54, 1.807) is 0 Å². The maximum atomic E-state index is 3.00. The average molecular weight is 296 g/mol. The molecule has 1 aliphatic rings. The first-order valence-electron chi connectivity index (χ1n) is 4.85. The van der Waals surface area contributed by atoms with E-state index in [0.29, 0.717) is 15.8 Å². The Morgan fingerprint density at radius 1 is 0.625 bits per heavy atom. The van der Waals surface area contributed by atoms with E-state index in [2.05, 4.69) is 53.1 Å². The fourth-order valence-electron chi connectivity index (χ4n) is 0.321. The molecular formula is C13H27P2V. The minimum atomic E-state index is 0. The Bertz CT molecular complexity index is 131. The zero-order valence-corrected chi connectivity index (χ0v) is 14.8. The number of hydrogen-bond donors (Lipinski definition) is 0. The molecule has 0 aromatic carbocycles. The summed E-state index contributed by atoms with van der Waals surface area (Å²) in [5.74, 6) is 0. The fraction of sp³-hybridized carbons (Fsp3) is 0.462. The van der Waals surface area contributed by atoms with Crippen molar-refractivity contribution in [2.45, 2.75) is 0 Å². The van der Waals surface area contributed by atoms with Gasteiger partial charge in [0.05, 0.1) is 0 Å². The van der Waals surface area contributed by atoms with E-state index in [-0.39, 0.29) is 18.6 Å². The number of rotatable bonds is 0. The minimum absolute atomic E-state index is 0. The summed E-state index contributed by atoms with van der Waals surface area (Å²) in [6.45, 7) is 19.4. The van der Waals surface area contributed by atoms with Gasteiger partial charge in [-0.3, -0.25) is 0 Å². The molecule has 0 N–H and O–H groups in total. The normalized spacial score (nSPS) is 10.2. The van der Waals surface area contributed by atoms with Gasteiger partial charge in [-0.05, 0) is 40.0 Å². The molecule has 0 saturated carbocycles. The standard InChI is InChI=1S/C5H5.2C3H9P.C2H4.V/c1-2-4-5-3-1;2*1-4(2)3;1-2;/h1-5H;2*1-3H3;1-2H2;. The molecule has 2 radical (unpaired) electrons. The molecule has 0 aliphatic heterocycles. The van der Waals surface area contributed by atoms with Crippen LogP contribution in [-0.2, 0) is 18.6 Å². The van der Waals surface area contributed by atoms with Crippen molar-refractivity contribution in [1.29, 1.82) is 0 Å². The Kier molecular flexibility index (Phi) is 39.4. The molecule has 0 nitrogen and oxygen atoms in total. The maximum absolute atomic E-state index is 3.00. The van der Waals surface area contributed by atoms with Crippen LogP contribution in [0.3, 0.4) is 0 Å². The van der Waals surface area contributed by atoms with Gasteiger partial charge in [0.1, 0.15) is 0 Å². The number of allylic oxidation sites excluding steroid dienone is 4. The van der Waals surface area contributed by atoms with E-state index in [1.807, 2.05) is 30.7 Å². The third kappa shape index (κ3) is 85.3. The fourth-order valence-corrected chi connectivity index (χ4v) is 0.321. The largest absolute Gasteiger partial charge is 0.116 e. The van der Waals surface area contributed by atoms with Crippen LogP contribution < -0.4 is 0 Å². The van der Waals surface area contributed by atoms with Crippen molar-refractivity contribution in [3.63, 3.8) is 0 Å². The van der Waals surface area contributed by atoms with Crippen molar-refractivity contribution in [2.24, 2.45) is 0 Å². The minimum Gasteiger partial charge on any atom is -0.116 e. The Balaban J connectivity index is -0.0000000616. The van der Waals surface area contributed by atoms with Gasteiger partial charge in [0.25, 0.3) is 0 Å². The SMILES string of the molecule is C=C.CP(C)C.CP(C)C.[CH]1C=CC=C1.[V]. The molecule has 16 heavy (non-hydrogen) atoms. The molecule has 0 amide bonds. The molecule has 0 unspecified atom stereocenters. The van der Waals surface area contributed by atoms with Crippen molar-refractivity contribution in [3.05, 3.63) is 43.9 Å². The molecule has 0 spiro atoms. The first kappa shape index (κ1) is 25.5. The first-order valence-corrected chi connectivity index (χ1v) is 10.2. The van der Waals surface area contributed by atoms with Gasteiger partial charge in [-0.1, -0.05) is 24.3 Å². The van der Waals surface area contributed by atoms with E-state index in [4.69, 9.17) is 0 Å². The van der Waals surface area contributed by atoms with Crippen LogP contribution in [0.25, 0.3) is 0 Å². The summed E-state index contributed by atoms with van der Waals surface area (Å²) in [7, 11) is 0.759. The molecular weight excluding hydrogens is 269 g/mol. The second-order valence-electron chi connectivity index (χ2n) is 3.65.